The second kappa shape index (κ2) is 8.28. The molecule has 0 spiro atoms. The van der Waals surface area contributed by atoms with Gasteiger partial charge in [-0.2, -0.15) is 0 Å². The lowest BCUT2D eigenvalue weighted by Gasteiger charge is -2.27. The van der Waals surface area contributed by atoms with Crippen LogP contribution in [0.2, 0.25) is 0 Å². The van der Waals surface area contributed by atoms with Crippen LogP contribution in [0.4, 0.5) is 0 Å². The summed E-state index contributed by atoms with van der Waals surface area (Å²) in [5, 5.41) is 3.39. The quantitative estimate of drug-likeness (QED) is 0.930. The van der Waals surface area contributed by atoms with E-state index in [9.17, 15) is 4.79 Å². The average molecular weight is 297 g/mol. The minimum absolute atomic E-state index is 0. The number of hydrogen-bond donors (Lipinski definition) is 1. The van der Waals surface area contributed by atoms with Crippen LogP contribution in [0.1, 0.15) is 30.4 Å². The highest BCUT2D eigenvalue weighted by atomic mass is 35.5. The standard InChI is InChI=1S/C16H24N2O.ClH/c1-13-6-3-4-7-14(13)12-16(19)18(2)15-8-5-10-17-11-9-15;/h3-4,6-7,15,17H,5,8-12H2,1-2H3;1H. The number of halogens is 1. The second-order valence-corrected chi connectivity index (χ2v) is 5.44. The van der Waals surface area contributed by atoms with Crippen LogP contribution < -0.4 is 5.32 Å². The number of likely N-dealkylation sites (N-methyl/N-ethyl adjacent to an activating group) is 1. The molecule has 1 aromatic rings. The minimum Gasteiger partial charge on any atom is -0.342 e. The van der Waals surface area contributed by atoms with Gasteiger partial charge >= 0.3 is 0 Å². The third kappa shape index (κ3) is 4.50. The van der Waals surface area contributed by atoms with Crippen molar-refractivity contribution in [2.45, 2.75) is 38.6 Å². The maximum atomic E-state index is 12.4. The van der Waals surface area contributed by atoms with E-state index in [0.29, 0.717) is 12.5 Å². The van der Waals surface area contributed by atoms with E-state index in [-0.39, 0.29) is 18.3 Å². The second-order valence-electron chi connectivity index (χ2n) is 5.44. The number of rotatable bonds is 3. The van der Waals surface area contributed by atoms with Crippen molar-refractivity contribution in [1.29, 1.82) is 0 Å². The van der Waals surface area contributed by atoms with E-state index in [4.69, 9.17) is 0 Å². The van der Waals surface area contributed by atoms with Crippen LogP contribution in [0.3, 0.4) is 0 Å². The molecule has 0 aromatic heterocycles. The SMILES string of the molecule is Cc1ccccc1CC(=O)N(C)C1CCCNCC1.Cl. The minimum atomic E-state index is 0. The topological polar surface area (TPSA) is 32.3 Å². The normalized spacial score (nSPS) is 18.8. The molecule has 1 N–H and O–H groups in total. The van der Waals surface area contributed by atoms with Crippen molar-refractivity contribution in [2.24, 2.45) is 0 Å². The molecular weight excluding hydrogens is 272 g/mol. The van der Waals surface area contributed by atoms with Gasteiger partial charge in [0.2, 0.25) is 5.91 Å². The van der Waals surface area contributed by atoms with Gasteiger partial charge in [0.15, 0.2) is 0 Å². The van der Waals surface area contributed by atoms with E-state index in [0.717, 1.165) is 37.9 Å². The Bertz CT molecular complexity index is 428. The van der Waals surface area contributed by atoms with E-state index in [1.54, 1.807) is 0 Å². The first kappa shape index (κ1) is 17.0. The molecule has 1 heterocycles. The van der Waals surface area contributed by atoms with Gasteiger partial charge in [0.1, 0.15) is 0 Å². The van der Waals surface area contributed by atoms with E-state index in [2.05, 4.69) is 24.4 Å². The Morgan fingerprint density at radius 3 is 2.80 bits per heavy atom. The Morgan fingerprint density at radius 2 is 2.05 bits per heavy atom. The molecule has 0 radical (unpaired) electrons. The summed E-state index contributed by atoms with van der Waals surface area (Å²) in [7, 11) is 1.95. The van der Waals surface area contributed by atoms with Crippen LogP contribution in [-0.2, 0) is 11.2 Å². The first-order valence-corrected chi connectivity index (χ1v) is 7.19. The Balaban J connectivity index is 0.00000200. The fourth-order valence-corrected chi connectivity index (χ4v) is 2.69. The highest BCUT2D eigenvalue weighted by molar-refractivity contribution is 5.85. The van der Waals surface area contributed by atoms with Gasteiger partial charge in [0.05, 0.1) is 6.42 Å². The van der Waals surface area contributed by atoms with Crippen molar-refractivity contribution in [1.82, 2.24) is 10.2 Å². The van der Waals surface area contributed by atoms with Crippen molar-refractivity contribution in [3.05, 3.63) is 35.4 Å². The number of amides is 1. The van der Waals surface area contributed by atoms with Crippen LogP contribution >= 0.6 is 12.4 Å². The molecule has 1 unspecified atom stereocenters. The van der Waals surface area contributed by atoms with Gasteiger partial charge in [-0.3, -0.25) is 4.79 Å². The molecule has 1 amide bonds. The maximum Gasteiger partial charge on any atom is 0.226 e. The van der Waals surface area contributed by atoms with Gasteiger partial charge in [-0.25, -0.2) is 0 Å². The molecule has 0 aliphatic carbocycles. The fraction of sp³-hybridized carbons (Fsp3) is 0.562. The van der Waals surface area contributed by atoms with Gasteiger partial charge in [0, 0.05) is 13.1 Å². The number of nitrogens with zero attached hydrogens (tertiary/aromatic N) is 1. The smallest absolute Gasteiger partial charge is 0.226 e. The van der Waals surface area contributed by atoms with Gasteiger partial charge in [-0.1, -0.05) is 24.3 Å². The Labute approximate surface area is 128 Å². The van der Waals surface area contributed by atoms with Crippen LogP contribution in [0, 0.1) is 6.92 Å². The van der Waals surface area contributed by atoms with Crippen molar-refractivity contribution in [2.75, 3.05) is 20.1 Å². The zero-order chi connectivity index (χ0) is 13.7. The Kier molecular flexibility index (Phi) is 7.03. The number of aryl methyl sites for hydroxylation is 1. The lowest BCUT2D eigenvalue weighted by molar-refractivity contribution is -0.131. The molecule has 20 heavy (non-hydrogen) atoms. The number of nitrogens with one attached hydrogen (secondary N) is 1. The van der Waals surface area contributed by atoms with Crippen molar-refractivity contribution < 1.29 is 4.79 Å². The van der Waals surface area contributed by atoms with Crippen molar-refractivity contribution in [3.8, 4) is 0 Å². The highest BCUT2D eigenvalue weighted by Crippen LogP contribution is 2.15. The maximum absolute atomic E-state index is 12.4. The molecule has 1 aliphatic rings. The molecule has 1 aromatic carbocycles. The van der Waals surface area contributed by atoms with E-state index in [1.807, 2.05) is 24.1 Å². The number of hydrogen-bond acceptors (Lipinski definition) is 2. The first-order valence-electron chi connectivity index (χ1n) is 7.19. The summed E-state index contributed by atoms with van der Waals surface area (Å²) in [4.78, 5) is 14.3. The fourth-order valence-electron chi connectivity index (χ4n) is 2.69. The van der Waals surface area contributed by atoms with Crippen molar-refractivity contribution >= 4 is 18.3 Å². The summed E-state index contributed by atoms with van der Waals surface area (Å²) in [6.45, 7) is 4.17. The summed E-state index contributed by atoms with van der Waals surface area (Å²) in [5.74, 6) is 0.237. The molecule has 0 saturated carbocycles. The average Bonchev–Trinajstić information content (AvgIpc) is 2.69. The summed E-state index contributed by atoms with van der Waals surface area (Å²) in [6.07, 6.45) is 3.86. The third-order valence-corrected chi connectivity index (χ3v) is 4.09. The first-order chi connectivity index (χ1) is 9.18. The van der Waals surface area contributed by atoms with Crippen LogP contribution in [0.15, 0.2) is 24.3 Å². The Hall–Kier alpha value is -1.06. The van der Waals surface area contributed by atoms with Gasteiger partial charge in [-0.05, 0) is 50.4 Å². The Morgan fingerprint density at radius 1 is 1.30 bits per heavy atom. The van der Waals surface area contributed by atoms with Crippen LogP contribution in [0.5, 0.6) is 0 Å². The molecule has 1 saturated heterocycles. The van der Waals surface area contributed by atoms with Gasteiger partial charge in [-0.15, -0.1) is 12.4 Å². The molecule has 2 rings (SSSR count). The largest absolute Gasteiger partial charge is 0.342 e. The summed E-state index contributed by atoms with van der Waals surface area (Å²) < 4.78 is 0. The van der Waals surface area contributed by atoms with Gasteiger partial charge < -0.3 is 10.2 Å². The molecule has 1 atom stereocenters. The zero-order valence-corrected chi connectivity index (χ0v) is 13.2. The lowest BCUT2D eigenvalue weighted by Crippen LogP contribution is -2.38. The highest BCUT2D eigenvalue weighted by Gasteiger charge is 2.21. The lowest BCUT2D eigenvalue weighted by atomic mass is 10.0. The monoisotopic (exact) mass is 296 g/mol. The molecule has 0 bridgehead atoms. The molecule has 1 aliphatic heterocycles. The third-order valence-electron chi connectivity index (χ3n) is 4.09. The van der Waals surface area contributed by atoms with Crippen LogP contribution in [0.25, 0.3) is 0 Å². The molecule has 112 valence electrons. The summed E-state index contributed by atoms with van der Waals surface area (Å²) in [6, 6.07) is 8.54. The molecule has 4 heteroatoms. The zero-order valence-electron chi connectivity index (χ0n) is 12.4. The summed E-state index contributed by atoms with van der Waals surface area (Å²) in [5.41, 5.74) is 2.35. The molecule has 1 fully saturated rings. The van der Waals surface area contributed by atoms with E-state index in [1.165, 1.54) is 5.56 Å². The van der Waals surface area contributed by atoms with E-state index >= 15 is 0 Å². The number of carbonyl (C=O) groups excluding carboxylic acids is 1. The van der Waals surface area contributed by atoms with Crippen molar-refractivity contribution in [3.63, 3.8) is 0 Å². The van der Waals surface area contributed by atoms with E-state index < -0.39 is 0 Å². The van der Waals surface area contributed by atoms with Gasteiger partial charge in [0.25, 0.3) is 0 Å². The predicted molar refractivity (Wildman–Crippen MR) is 85.4 cm³/mol. The van der Waals surface area contributed by atoms with Crippen LogP contribution in [-0.4, -0.2) is 37.0 Å². The molecule has 3 nitrogen and oxygen atoms in total. The molecular formula is C16H25ClN2O. The number of benzene rings is 1. The summed E-state index contributed by atoms with van der Waals surface area (Å²) >= 11 is 0. The number of carbonyl (C=O) groups is 1. The predicted octanol–water partition coefficient (Wildman–Crippen LogP) is 2.56.